The van der Waals surface area contributed by atoms with Gasteiger partial charge in [0.1, 0.15) is 0 Å². The summed E-state index contributed by atoms with van der Waals surface area (Å²) in [6, 6.07) is 0. The maximum absolute atomic E-state index is 10.5. The Morgan fingerprint density at radius 2 is 1.69 bits per heavy atom. The third-order valence-electron chi connectivity index (χ3n) is 2.97. The topological polar surface area (TPSA) is 57.5 Å². The summed E-state index contributed by atoms with van der Waals surface area (Å²) in [5, 5.41) is 18.1. The first kappa shape index (κ1) is 10.5. The number of aliphatic hydroxyl groups is 1. The van der Waals surface area contributed by atoms with Crippen LogP contribution in [-0.2, 0) is 4.79 Å². The second-order valence-electron chi connectivity index (χ2n) is 4.10. The highest BCUT2D eigenvalue weighted by Gasteiger charge is 2.62. The monoisotopic (exact) mass is 186 g/mol. The molecule has 2 unspecified atom stereocenters. The van der Waals surface area contributed by atoms with E-state index in [0.29, 0.717) is 12.8 Å². The van der Waals surface area contributed by atoms with E-state index in [2.05, 4.69) is 0 Å². The molecule has 2 N–H and O–H groups in total. The number of rotatable bonds is 1. The predicted octanol–water partition coefficient (Wildman–Crippen LogP) is 1.50. The van der Waals surface area contributed by atoms with Crippen molar-refractivity contribution in [3.05, 3.63) is 0 Å². The molecule has 2 saturated carbocycles. The molecule has 2 aliphatic carbocycles. The molecule has 2 rings (SSSR count). The van der Waals surface area contributed by atoms with Gasteiger partial charge in [-0.2, -0.15) is 0 Å². The summed E-state index contributed by atoms with van der Waals surface area (Å²) >= 11 is 0. The second kappa shape index (κ2) is 3.29. The van der Waals surface area contributed by atoms with E-state index in [1.807, 2.05) is 13.8 Å². The van der Waals surface area contributed by atoms with Gasteiger partial charge >= 0.3 is 5.97 Å². The van der Waals surface area contributed by atoms with Crippen LogP contribution in [0.2, 0.25) is 0 Å². The van der Waals surface area contributed by atoms with Crippen LogP contribution in [0.1, 0.15) is 33.6 Å². The highest BCUT2D eigenvalue weighted by Crippen LogP contribution is 2.60. The van der Waals surface area contributed by atoms with Gasteiger partial charge in [0.25, 0.3) is 0 Å². The quantitative estimate of drug-likeness (QED) is 0.652. The van der Waals surface area contributed by atoms with Gasteiger partial charge in [0, 0.05) is 0 Å². The lowest BCUT2D eigenvalue weighted by molar-refractivity contribution is -0.139. The highest BCUT2D eigenvalue weighted by molar-refractivity contribution is 5.74. The summed E-state index contributed by atoms with van der Waals surface area (Å²) < 4.78 is 0. The van der Waals surface area contributed by atoms with Gasteiger partial charge < -0.3 is 10.2 Å². The molecule has 0 saturated heterocycles. The molecule has 0 aromatic heterocycles. The Hall–Kier alpha value is -0.570. The number of aliphatic carboxylic acids is 1. The normalized spacial score (nSPS) is 46.0. The van der Waals surface area contributed by atoms with Crippen LogP contribution in [0.25, 0.3) is 0 Å². The van der Waals surface area contributed by atoms with E-state index in [9.17, 15) is 9.90 Å². The van der Waals surface area contributed by atoms with Crippen LogP contribution < -0.4 is 0 Å². The van der Waals surface area contributed by atoms with Crippen molar-refractivity contribution in [3.63, 3.8) is 0 Å². The zero-order valence-electron chi connectivity index (χ0n) is 8.45. The van der Waals surface area contributed by atoms with Crippen molar-refractivity contribution in [3.8, 4) is 0 Å². The minimum atomic E-state index is -0.685. The summed E-state index contributed by atoms with van der Waals surface area (Å²) in [6.45, 7) is 5.79. The molecular weight excluding hydrogens is 168 g/mol. The molecule has 0 heterocycles. The van der Waals surface area contributed by atoms with E-state index in [-0.39, 0.29) is 17.8 Å². The van der Waals surface area contributed by atoms with Crippen molar-refractivity contribution in [2.24, 2.45) is 17.8 Å². The standard InChI is InChI=1S/C8H12O3.C2H6/c1-8(11)2-4-5(3-8)6(4)7(9)10;1-2/h4-6,11H,2-3H2,1H3,(H,9,10);1-2H3. The molecule has 0 aromatic carbocycles. The third kappa shape index (κ3) is 1.85. The average Bonchev–Trinajstić information content (AvgIpc) is 2.55. The third-order valence-corrected chi connectivity index (χ3v) is 2.97. The molecule has 3 heteroatoms. The van der Waals surface area contributed by atoms with Crippen molar-refractivity contribution < 1.29 is 15.0 Å². The molecule has 2 aliphatic rings. The largest absolute Gasteiger partial charge is 0.481 e. The molecule has 0 bridgehead atoms. The number of fused-ring (bicyclic) bond motifs is 1. The lowest BCUT2D eigenvalue weighted by Gasteiger charge is -2.18. The lowest BCUT2D eigenvalue weighted by atomic mass is 9.97. The summed E-state index contributed by atoms with van der Waals surface area (Å²) in [5.41, 5.74) is -0.582. The van der Waals surface area contributed by atoms with Crippen LogP contribution in [0, 0.1) is 17.8 Å². The summed E-state index contributed by atoms with van der Waals surface area (Å²) in [4.78, 5) is 10.5. The maximum Gasteiger partial charge on any atom is 0.307 e. The van der Waals surface area contributed by atoms with Crippen molar-refractivity contribution in [1.29, 1.82) is 0 Å². The highest BCUT2D eigenvalue weighted by atomic mass is 16.4. The van der Waals surface area contributed by atoms with E-state index in [1.165, 1.54) is 0 Å². The minimum Gasteiger partial charge on any atom is -0.481 e. The first-order valence-corrected chi connectivity index (χ1v) is 4.96. The van der Waals surface area contributed by atoms with E-state index >= 15 is 0 Å². The number of hydrogen-bond acceptors (Lipinski definition) is 2. The first-order chi connectivity index (χ1) is 6.01. The number of carbonyl (C=O) groups is 1. The summed E-state index contributed by atoms with van der Waals surface area (Å²) in [5.74, 6) is -0.296. The van der Waals surface area contributed by atoms with E-state index in [0.717, 1.165) is 0 Å². The van der Waals surface area contributed by atoms with Crippen LogP contribution >= 0.6 is 0 Å². The van der Waals surface area contributed by atoms with E-state index in [4.69, 9.17) is 5.11 Å². The Morgan fingerprint density at radius 3 is 2.00 bits per heavy atom. The molecule has 0 amide bonds. The van der Waals surface area contributed by atoms with Gasteiger partial charge in [-0.25, -0.2) is 0 Å². The number of carboxylic acid groups (broad SMARTS) is 1. The van der Waals surface area contributed by atoms with Gasteiger partial charge in [-0.15, -0.1) is 0 Å². The van der Waals surface area contributed by atoms with Gasteiger partial charge in [-0.3, -0.25) is 4.79 Å². The van der Waals surface area contributed by atoms with Crippen molar-refractivity contribution in [2.75, 3.05) is 0 Å². The Balaban J connectivity index is 0.000000396. The second-order valence-corrected chi connectivity index (χ2v) is 4.10. The van der Waals surface area contributed by atoms with Crippen molar-refractivity contribution in [2.45, 2.75) is 39.2 Å². The predicted molar refractivity (Wildman–Crippen MR) is 49.3 cm³/mol. The van der Waals surface area contributed by atoms with Gasteiger partial charge in [0.2, 0.25) is 0 Å². The van der Waals surface area contributed by atoms with Crippen LogP contribution in [0.15, 0.2) is 0 Å². The molecule has 76 valence electrons. The average molecular weight is 186 g/mol. The molecule has 0 spiro atoms. The minimum absolute atomic E-state index is 0.143. The number of carboxylic acids is 1. The Kier molecular flexibility index (Phi) is 2.66. The first-order valence-electron chi connectivity index (χ1n) is 4.96. The fourth-order valence-electron chi connectivity index (χ4n) is 2.47. The fourth-order valence-corrected chi connectivity index (χ4v) is 2.47. The Labute approximate surface area is 78.8 Å². The van der Waals surface area contributed by atoms with Crippen LogP contribution in [-0.4, -0.2) is 21.8 Å². The van der Waals surface area contributed by atoms with Gasteiger partial charge in [0.05, 0.1) is 11.5 Å². The smallest absolute Gasteiger partial charge is 0.307 e. The molecule has 0 aliphatic heterocycles. The number of hydrogen-bond donors (Lipinski definition) is 2. The van der Waals surface area contributed by atoms with Crippen LogP contribution in [0.4, 0.5) is 0 Å². The Bertz CT molecular complexity index is 196. The molecule has 3 nitrogen and oxygen atoms in total. The van der Waals surface area contributed by atoms with Crippen molar-refractivity contribution >= 4 is 5.97 Å². The molecular formula is C10H18O3. The zero-order valence-corrected chi connectivity index (χ0v) is 8.45. The van der Waals surface area contributed by atoms with Gasteiger partial charge in [-0.05, 0) is 31.6 Å². The SMILES string of the molecule is CC.CC1(O)CC2C(C1)C2C(=O)O. The molecule has 2 atom stereocenters. The van der Waals surface area contributed by atoms with Gasteiger partial charge in [0.15, 0.2) is 0 Å². The molecule has 0 radical (unpaired) electrons. The van der Waals surface area contributed by atoms with Crippen LogP contribution in [0.5, 0.6) is 0 Å². The maximum atomic E-state index is 10.5. The summed E-state index contributed by atoms with van der Waals surface area (Å²) in [7, 11) is 0. The lowest BCUT2D eigenvalue weighted by Crippen LogP contribution is -2.23. The Morgan fingerprint density at radius 1 is 1.31 bits per heavy atom. The zero-order chi connectivity index (χ0) is 10.2. The van der Waals surface area contributed by atoms with Crippen molar-refractivity contribution in [1.82, 2.24) is 0 Å². The molecule has 0 aromatic rings. The van der Waals surface area contributed by atoms with Gasteiger partial charge in [-0.1, -0.05) is 13.8 Å². The molecule has 13 heavy (non-hydrogen) atoms. The molecule has 2 fully saturated rings. The van der Waals surface area contributed by atoms with E-state index in [1.54, 1.807) is 6.92 Å². The van der Waals surface area contributed by atoms with Crippen LogP contribution in [0.3, 0.4) is 0 Å². The van der Waals surface area contributed by atoms with E-state index < -0.39 is 11.6 Å². The summed E-state index contributed by atoms with van der Waals surface area (Å²) in [6.07, 6.45) is 1.35. The fraction of sp³-hybridized carbons (Fsp3) is 0.900.